The number of rotatable bonds is 6. The van der Waals surface area contributed by atoms with Gasteiger partial charge >= 0.3 is 0 Å². The number of sulfonamides is 1. The van der Waals surface area contributed by atoms with Gasteiger partial charge in [0.25, 0.3) is 0 Å². The normalized spacial score (nSPS) is 11.7. The molecule has 0 saturated carbocycles. The smallest absolute Gasteiger partial charge is 0.245 e. The van der Waals surface area contributed by atoms with E-state index < -0.39 is 10.0 Å². The first-order valence-corrected chi connectivity index (χ1v) is 9.83. The predicted octanol–water partition coefficient (Wildman–Crippen LogP) is 3.38. The quantitative estimate of drug-likeness (QED) is 0.650. The lowest BCUT2D eigenvalue weighted by atomic mass is 10.2. The second-order valence-corrected chi connectivity index (χ2v) is 8.30. The Morgan fingerprint density at radius 2 is 1.78 bits per heavy atom. The van der Waals surface area contributed by atoms with Gasteiger partial charge in [0.2, 0.25) is 10.0 Å². The lowest BCUT2D eigenvalue weighted by Crippen LogP contribution is -2.26. The van der Waals surface area contributed by atoms with Gasteiger partial charge in [0, 0.05) is 25.2 Å². The molecule has 3 aromatic rings. The van der Waals surface area contributed by atoms with E-state index in [9.17, 15) is 8.42 Å². The fourth-order valence-electron chi connectivity index (χ4n) is 2.94. The zero-order valence-corrected chi connectivity index (χ0v) is 16.6. The fourth-order valence-corrected chi connectivity index (χ4v) is 4.26. The highest BCUT2D eigenvalue weighted by Gasteiger charge is 2.24. The maximum atomic E-state index is 13.1. The zero-order chi connectivity index (χ0) is 19.6. The van der Waals surface area contributed by atoms with Gasteiger partial charge in [-0.05, 0) is 42.3 Å². The Balaban J connectivity index is 1.96. The lowest BCUT2D eigenvalue weighted by Gasteiger charge is -2.19. The SMILES string of the molecule is COc1ccc(CN(C)S(=O)(=O)c2cccc3cc(C)cnc23)cc1OC. The highest BCUT2D eigenvalue weighted by molar-refractivity contribution is 7.89. The molecule has 27 heavy (non-hydrogen) atoms. The number of nitrogens with zero attached hydrogens (tertiary/aromatic N) is 2. The molecule has 1 heterocycles. The van der Waals surface area contributed by atoms with E-state index in [2.05, 4.69) is 4.98 Å². The van der Waals surface area contributed by atoms with E-state index >= 15 is 0 Å². The number of aromatic nitrogens is 1. The number of ether oxygens (including phenoxy) is 2. The summed E-state index contributed by atoms with van der Waals surface area (Å²) < 4.78 is 38.1. The standard InChI is InChI=1S/C20H22N2O4S/c1-14-10-16-6-5-7-19(20(16)21-12-14)27(23,24)22(2)13-15-8-9-17(25-3)18(11-15)26-4/h5-12H,13H2,1-4H3. The van der Waals surface area contributed by atoms with Gasteiger partial charge in [-0.2, -0.15) is 4.31 Å². The van der Waals surface area contributed by atoms with Crippen molar-refractivity contribution in [3.8, 4) is 11.5 Å². The average Bonchev–Trinajstić information content (AvgIpc) is 2.66. The molecule has 6 nitrogen and oxygen atoms in total. The Bertz CT molecular complexity index is 1080. The van der Waals surface area contributed by atoms with Crippen molar-refractivity contribution in [2.45, 2.75) is 18.4 Å². The van der Waals surface area contributed by atoms with Crippen LogP contribution in [0.4, 0.5) is 0 Å². The van der Waals surface area contributed by atoms with E-state index in [4.69, 9.17) is 9.47 Å². The van der Waals surface area contributed by atoms with Crippen LogP contribution in [0.2, 0.25) is 0 Å². The first-order valence-electron chi connectivity index (χ1n) is 8.39. The molecule has 0 aliphatic rings. The first kappa shape index (κ1) is 19.1. The first-order chi connectivity index (χ1) is 12.9. The minimum atomic E-state index is -3.71. The maximum Gasteiger partial charge on any atom is 0.245 e. The zero-order valence-electron chi connectivity index (χ0n) is 15.8. The summed E-state index contributed by atoms with van der Waals surface area (Å²) in [4.78, 5) is 4.54. The van der Waals surface area contributed by atoms with Crippen LogP contribution in [-0.4, -0.2) is 39.0 Å². The molecule has 0 radical (unpaired) electrons. The molecule has 142 valence electrons. The third-order valence-electron chi connectivity index (χ3n) is 4.35. The molecular weight excluding hydrogens is 364 g/mol. The van der Waals surface area contributed by atoms with Crippen LogP contribution >= 0.6 is 0 Å². The lowest BCUT2D eigenvalue weighted by molar-refractivity contribution is 0.354. The summed E-state index contributed by atoms with van der Waals surface area (Å²) in [6, 6.07) is 12.5. The van der Waals surface area contributed by atoms with Crippen molar-refractivity contribution in [1.29, 1.82) is 0 Å². The van der Waals surface area contributed by atoms with Gasteiger partial charge in [-0.1, -0.05) is 18.2 Å². The van der Waals surface area contributed by atoms with Crippen molar-refractivity contribution in [3.63, 3.8) is 0 Å². The van der Waals surface area contributed by atoms with Crippen molar-refractivity contribution in [3.05, 3.63) is 59.8 Å². The van der Waals surface area contributed by atoms with Gasteiger partial charge in [0.15, 0.2) is 11.5 Å². The monoisotopic (exact) mass is 386 g/mol. The molecule has 7 heteroatoms. The van der Waals surface area contributed by atoms with Gasteiger partial charge < -0.3 is 9.47 Å². The number of hydrogen-bond donors (Lipinski definition) is 0. The van der Waals surface area contributed by atoms with Crippen molar-refractivity contribution < 1.29 is 17.9 Å². The van der Waals surface area contributed by atoms with E-state index in [0.717, 1.165) is 16.5 Å². The van der Waals surface area contributed by atoms with Crippen LogP contribution in [0.25, 0.3) is 10.9 Å². The summed E-state index contributed by atoms with van der Waals surface area (Å²) in [7, 11) is 0.948. The number of para-hydroxylation sites is 1. The van der Waals surface area contributed by atoms with Crippen molar-refractivity contribution in [2.75, 3.05) is 21.3 Å². The van der Waals surface area contributed by atoms with Gasteiger partial charge in [-0.15, -0.1) is 0 Å². The van der Waals surface area contributed by atoms with Crippen molar-refractivity contribution in [1.82, 2.24) is 9.29 Å². The van der Waals surface area contributed by atoms with E-state index in [-0.39, 0.29) is 11.4 Å². The molecule has 0 amide bonds. The molecule has 0 saturated heterocycles. The molecule has 2 aromatic carbocycles. The Hall–Kier alpha value is -2.64. The number of pyridine rings is 1. The summed E-state index contributed by atoms with van der Waals surface area (Å²) >= 11 is 0. The summed E-state index contributed by atoms with van der Waals surface area (Å²) in [6.45, 7) is 2.13. The van der Waals surface area contributed by atoms with Gasteiger partial charge in [0.05, 0.1) is 19.7 Å². The number of aryl methyl sites for hydroxylation is 1. The number of fused-ring (bicyclic) bond motifs is 1. The summed E-state index contributed by atoms with van der Waals surface area (Å²) in [5.74, 6) is 1.16. The minimum Gasteiger partial charge on any atom is -0.493 e. The Morgan fingerprint density at radius 1 is 1.04 bits per heavy atom. The third-order valence-corrected chi connectivity index (χ3v) is 6.19. The molecule has 0 fully saturated rings. The van der Waals surface area contributed by atoms with Crippen LogP contribution < -0.4 is 9.47 Å². The molecule has 0 N–H and O–H groups in total. The Labute approximate surface area is 159 Å². The molecule has 0 atom stereocenters. The van der Waals surface area contributed by atoms with Gasteiger partial charge in [-0.3, -0.25) is 4.98 Å². The fraction of sp³-hybridized carbons (Fsp3) is 0.250. The molecule has 0 spiro atoms. The molecule has 0 aliphatic carbocycles. The minimum absolute atomic E-state index is 0.197. The Kier molecular flexibility index (Phi) is 5.34. The van der Waals surface area contributed by atoms with E-state index in [1.165, 1.54) is 4.31 Å². The highest BCUT2D eigenvalue weighted by Crippen LogP contribution is 2.29. The molecule has 0 unspecified atom stereocenters. The maximum absolute atomic E-state index is 13.1. The average molecular weight is 386 g/mol. The van der Waals surface area contributed by atoms with Crippen LogP contribution in [0.1, 0.15) is 11.1 Å². The summed E-state index contributed by atoms with van der Waals surface area (Å²) in [6.07, 6.45) is 1.68. The third kappa shape index (κ3) is 3.74. The van der Waals surface area contributed by atoms with Crippen molar-refractivity contribution in [2.24, 2.45) is 0 Å². The highest BCUT2D eigenvalue weighted by atomic mass is 32.2. The number of methoxy groups -OCH3 is 2. The van der Waals surface area contributed by atoms with Crippen LogP contribution in [0.3, 0.4) is 0 Å². The molecule has 0 bridgehead atoms. The largest absolute Gasteiger partial charge is 0.493 e. The number of benzene rings is 2. The topological polar surface area (TPSA) is 68.7 Å². The molecule has 1 aromatic heterocycles. The number of hydrogen-bond acceptors (Lipinski definition) is 5. The predicted molar refractivity (Wildman–Crippen MR) is 105 cm³/mol. The van der Waals surface area contributed by atoms with E-state index in [1.54, 1.807) is 51.7 Å². The van der Waals surface area contributed by atoms with Crippen molar-refractivity contribution >= 4 is 20.9 Å². The van der Waals surface area contributed by atoms with E-state index in [0.29, 0.717) is 17.0 Å². The van der Waals surface area contributed by atoms with E-state index in [1.807, 2.05) is 25.1 Å². The molecular formula is C20H22N2O4S. The van der Waals surface area contributed by atoms with Crippen LogP contribution in [-0.2, 0) is 16.6 Å². The van der Waals surface area contributed by atoms with Gasteiger partial charge in [0.1, 0.15) is 4.90 Å². The Morgan fingerprint density at radius 3 is 2.48 bits per heavy atom. The van der Waals surface area contributed by atoms with Gasteiger partial charge in [-0.25, -0.2) is 8.42 Å². The van der Waals surface area contributed by atoms with Crippen LogP contribution in [0, 0.1) is 6.92 Å². The van der Waals surface area contributed by atoms with Crippen LogP contribution in [0.5, 0.6) is 11.5 Å². The van der Waals surface area contributed by atoms with Crippen LogP contribution in [0.15, 0.2) is 53.6 Å². The second kappa shape index (κ2) is 7.54. The summed E-state index contributed by atoms with van der Waals surface area (Å²) in [5, 5.41) is 0.801. The second-order valence-electron chi connectivity index (χ2n) is 6.29. The molecule has 0 aliphatic heterocycles. The summed E-state index contributed by atoms with van der Waals surface area (Å²) in [5.41, 5.74) is 2.25. The molecule has 3 rings (SSSR count).